The molecule has 0 radical (unpaired) electrons. The van der Waals surface area contributed by atoms with Crippen molar-refractivity contribution in [1.29, 1.82) is 0 Å². The Hall–Kier alpha value is -2.96. The molecule has 0 spiro atoms. The number of nitrogens with two attached hydrogens (primary N) is 2. The number of hydrogen-bond donors (Lipinski definition) is 2. The van der Waals surface area contributed by atoms with E-state index in [-0.39, 0.29) is 0 Å². The highest BCUT2D eigenvalue weighted by molar-refractivity contribution is 5.68. The summed E-state index contributed by atoms with van der Waals surface area (Å²) in [6.45, 7) is 1.83. The van der Waals surface area contributed by atoms with Gasteiger partial charge in [-0.25, -0.2) is 4.68 Å². The first-order valence-electron chi connectivity index (χ1n) is 7.15. The van der Waals surface area contributed by atoms with E-state index in [2.05, 4.69) is 5.10 Å². The molecule has 24 heavy (non-hydrogen) atoms. The molecule has 3 rings (SSSR count). The van der Waals surface area contributed by atoms with Crippen molar-refractivity contribution in [3.05, 3.63) is 59.8 Å². The van der Waals surface area contributed by atoms with Crippen LogP contribution < -0.4 is 11.5 Å². The smallest absolute Gasteiger partial charge is 0.399 e. The van der Waals surface area contributed by atoms with E-state index in [0.717, 1.165) is 11.6 Å². The van der Waals surface area contributed by atoms with E-state index in [1.165, 1.54) is 4.68 Å². The number of nitrogens with zero attached hydrogens (tertiary/aromatic N) is 2. The molecule has 0 aliphatic heterocycles. The molecule has 2 aromatic carbocycles. The second-order valence-corrected chi connectivity index (χ2v) is 5.49. The highest BCUT2D eigenvalue weighted by atomic mass is 19.4. The molecule has 0 atom stereocenters. The van der Waals surface area contributed by atoms with Gasteiger partial charge in [0.05, 0.1) is 11.4 Å². The van der Waals surface area contributed by atoms with Crippen molar-refractivity contribution in [2.45, 2.75) is 13.1 Å². The van der Waals surface area contributed by atoms with E-state index in [4.69, 9.17) is 11.5 Å². The molecule has 0 bridgehead atoms. The van der Waals surface area contributed by atoms with Gasteiger partial charge < -0.3 is 11.5 Å². The van der Waals surface area contributed by atoms with E-state index < -0.39 is 11.9 Å². The van der Waals surface area contributed by atoms with Crippen LogP contribution in [0.25, 0.3) is 16.9 Å². The molecule has 0 amide bonds. The predicted octanol–water partition coefficient (Wildman–Crippen LogP) is 4.03. The molecule has 0 aliphatic rings. The summed E-state index contributed by atoms with van der Waals surface area (Å²) in [7, 11) is 0. The van der Waals surface area contributed by atoms with Crippen LogP contribution in [0.3, 0.4) is 0 Å². The van der Waals surface area contributed by atoms with Crippen LogP contribution in [-0.2, 0) is 6.18 Å². The number of alkyl halides is 3. The fourth-order valence-corrected chi connectivity index (χ4v) is 2.34. The predicted molar refractivity (Wildman–Crippen MR) is 87.6 cm³/mol. The maximum absolute atomic E-state index is 13.1. The maximum Gasteiger partial charge on any atom is 0.435 e. The fraction of sp³-hybridized carbons (Fsp3) is 0.118. The molecule has 1 aromatic heterocycles. The molecule has 0 saturated heterocycles. The molecule has 0 unspecified atom stereocenters. The first-order valence-corrected chi connectivity index (χ1v) is 7.15. The molecule has 3 aromatic rings. The zero-order valence-electron chi connectivity index (χ0n) is 12.8. The van der Waals surface area contributed by atoms with Gasteiger partial charge in [-0.2, -0.15) is 18.3 Å². The lowest BCUT2D eigenvalue weighted by Gasteiger charge is -2.09. The summed E-state index contributed by atoms with van der Waals surface area (Å²) in [5, 5.41) is 3.72. The maximum atomic E-state index is 13.1. The number of anilines is 2. The Bertz CT molecular complexity index is 880. The van der Waals surface area contributed by atoms with Gasteiger partial charge in [-0.3, -0.25) is 0 Å². The van der Waals surface area contributed by atoms with Gasteiger partial charge in [0.1, 0.15) is 0 Å². The van der Waals surface area contributed by atoms with Crippen molar-refractivity contribution in [1.82, 2.24) is 9.78 Å². The molecule has 7 heteroatoms. The van der Waals surface area contributed by atoms with Crippen molar-refractivity contribution < 1.29 is 13.2 Å². The highest BCUT2D eigenvalue weighted by Crippen LogP contribution is 2.34. The second kappa shape index (κ2) is 5.59. The Balaban J connectivity index is 2.21. The number of aryl methyl sites for hydroxylation is 1. The van der Waals surface area contributed by atoms with Crippen LogP contribution in [0.1, 0.15) is 11.3 Å². The van der Waals surface area contributed by atoms with Crippen LogP contribution in [0, 0.1) is 6.92 Å². The lowest BCUT2D eigenvalue weighted by molar-refractivity contribution is -0.141. The van der Waals surface area contributed by atoms with Gasteiger partial charge in [0.25, 0.3) is 0 Å². The fourth-order valence-electron chi connectivity index (χ4n) is 2.34. The second-order valence-electron chi connectivity index (χ2n) is 5.49. The van der Waals surface area contributed by atoms with Gasteiger partial charge >= 0.3 is 6.18 Å². The van der Waals surface area contributed by atoms with Crippen molar-refractivity contribution in [2.24, 2.45) is 0 Å². The number of benzene rings is 2. The van der Waals surface area contributed by atoms with Gasteiger partial charge in [-0.1, -0.05) is 12.1 Å². The molecule has 0 aliphatic carbocycles. The Labute approximate surface area is 136 Å². The minimum absolute atomic E-state index is 0.304. The van der Waals surface area contributed by atoms with E-state index in [0.29, 0.717) is 28.3 Å². The van der Waals surface area contributed by atoms with Crippen LogP contribution in [-0.4, -0.2) is 9.78 Å². The first-order chi connectivity index (χ1) is 11.3. The largest absolute Gasteiger partial charge is 0.435 e. The van der Waals surface area contributed by atoms with Crippen LogP contribution in [0.15, 0.2) is 48.5 Å². The van der Waals surface area contributed by atoms with Gasteiger partial charge in [0, 0.05) is 16.9 Å². The van der Waals surface area contributed by atoms with Crippen LogP contribution in [0.2, 0.25) is 0 Å². The normalized spacial score (nSPS) is 11.7. The van der Waals surface area contributed by atoms with Crippen molar-refractivity contribution >= 4 is 11.4 Å². The van der Waals surface area contributed by atoms with E-state index in [9.17, 15) is 13.2 Å². The Kier molecular flexibility index (Phi) is 3.71. The number of nitrogen functional groups attached to an aromatic ring is 2. The quantitative estimate of drug-likeness (QED) is 0.696. The molecule has 4 N–H and O–H groups in total. The third-order valence-electron chi connectivity index (χ3n) is 3.71. The van der Waals surface area contributed by atoms with Crippen LogP contribution in [0.5, 0.6) is 0 Å². The van der Waals surface area contributed by atoms with Crippen LogP contribution in [0.4, 0.5) is 24.5 Å². The molecule has 0 fully saturated rings. The van der Waals surface area contributed by atoms with Gasteiger partial charge in [-0.05, 0) is 48.9 Å². The summed E-state index contributed by atoms with van der Waals surface area (Å²) in [5.41, 5.74) is 13.8. The molecule has 1 heterocycles. The summed E-state index contributed by atoms with van der Waals surface area (Å²) in [4.78, 5) is 0. The minimum Gasteiger partial charge on any atom is -0.399 e. The minimum atomic E-state index is -4.54. The highest BCUT2D eigenvalue weighted by Gasteiger charge is 2.35. The topological polar surface area (TPSA) is 69.9 Å². The van der Waals surface area contributed by atoms with Crippen molar-refractivity contribution in [3.8, 4) is 16.9 Å². The average Bonchev–Trinajstić information content (AvgIpc) is 2.96. The average molecular weight is 332 g/mol. The first kappa shape index (κ1) is 15.9. The Morgan fingerprint density at radius 1 is 0.958 bits per heavy atom. The molecule has 0 saturated carbocycles. The van der Waals surface area contributed by atoms with Gasteiger partial charge in [0.15, 0.2) is 5.69 Å². The zero-order chi connectivity index (χ0) is 17.5. The lowest BCUT2D eigenvalue weighted by Crippen LogP contribution is -2.07. The monoisotopic (exact) mass is 332 g/mol. The molecule has 124 valence electrons. The summed E-state index contributed by atoms with van der Waals surface area (Å²) >= 11 is 0. The number of rotatable bonds is 2. The number of hydrogen-bond acceptors (Lipinski definition) is 3. The summed E-state index contributed by atoms with van der Waals surface area (Å²) in [5.74, 6) is 0. The zero-order valence-corrected chi connectivity index (χ0v) is 12.8. The molecule has 4 nitrogen and oxygen atoms in total. The lowest BCUT2D eigenvalue weighted by atomic mass is 10.1. The Morgan fingerprint density at radius 2 is 1.62 bits per heavy atom. The molecular formula is C17H15F3N4. The van der Waals surface area contributed by atoms with E-state index in [1.807, 2.05) is 6.92 Å². The Morgan fingerprint density at radius 3 is 2.21 bits per heavy atom. The number of halogens is 3. The standard InChI is InChI=1S/C17H15F3N4/c1-10-2-3-11(8-14(10)22)15-9-16(17(18,19)20)23-24(15)13-6-4-12(21)5-7-13/h2-9H,21-22H2,1H3. The third-order valence-corrected chi connectivity index (χ3v) is 3.71. The summed E-state index contributed by atoms with van der Waals surface area (Å²) in [6.07, 6.45) is -4.54. The van der Waals surface area contributed by atoms with E-state index >= 15 is 0 Å². The van der Waals surface area contributed by atoms with E-state index in [1.54, 1.807) is 42.5 Å². The summed E-state index contributed by atoms with van der Waals surface area (Å²) in [6, 6.07) is 12.6. The van der Waals surface area contributed by atoms with Crippen molar-refractivity contribution in [3.63, 3.8) is 0 Å². The van der Waals surface area contributed by atoms with Crippen LogP contribution >= 0.6 is 0 Å². The molecular weight excluding hydrogens is 317 g/mol. The van der Waals surface area contributed by atoms with Gasteiger partial charge in [0.2, 0.25) is 0 Å². The SMILES string of the molecule is Cc1ccc(-c2cc(C(F)(F)F)nn2-c2ccc(N)cc2)cc1N. The number of aromatic nitrogens is 2. The third kappa shape index (κ3) is 2.92. The van der Waals surface area contributed by atoms with Crippen molar-refractivity contribution in [2.75, 3.05) is 11.5 Å². The van der Waals surface area contributed by atoms with Gasteiger partial charge in [-0.15, -0.1) is 0 Å². The summed E-state index contributed by atoms with van der Waals surface area (Å²) < 4.78 is 40.5.